The molecule has 0 N–H and O–H groups in total. The minimum Gasteiger partial charge on any atom is -0.245 e. The Hall–Kier alpha value is -0.130. The van der Waals surface area contributed by atoms with Crippen LogP contribution in [0, 0.1) is 0 Å². The first-order chi connectivity index (χ1) is 6.07. The van der Waals surface area contributed by atoms with Crippen LogP contribution in [0.25, 0.3) is 0 Å². The predicted octanol–water partition coefficient (Wildman–Crippen LogP) is 1.62. The lowest BCUT2D eigenvalue weighted by Gasteiger charge is -2.09. The van der Waals surface area contributed by atoms with Gasteiger partial charge in [0, 0.05) is 0 Å². The van der Waals surface area contributed by atoms with Gasteiger partial charge < -0.3 is 0 Å². The Morgan fingerprint density at radius 3 is 1.77 bits per heavy atom. The van der Waals surface area contributed by atoms with E-state index >= 15 is 0 Å². The zero-order valence-electron chi connectivity index (χ0n) is 8.02. The van der Waals surface area contributed by atoms with Crippen LogP contribution >= 0.6 is 0 Å². The topological polar surface area (TPSA) is 52.6 Å². The summed E-state index contributed by atoms with van der Waals surface area (Å²) in [6.45, 7) is 3.82. The van der Waals surface area contributed by atoms with Crippen molar-refractivity contribution < 1.29 is 16.8 Å². The summed E-state index contributed by atoms with van der Waals surface area (Å²) in [5.74, 6) is 0. The molecule has 78 valence electrons. The number of hydrogen-bond acceptors (Lipinski definition) is 4. The second-order valence-electron chi connectivity index (χ2n) is 3.24. The van der Waals surface area contributed by atoms with Crippen LogP contribution in [0.15, 0.2) is 0 Å². The molecule has 0 unspecified atom stereocenters. The summed E-state index contributed by atoms with van der Waals surface area (Å²) in [6.07, 6.45) is 2.52. The Morgan fingerprint density at radius 1 is 1.08 bits per heavy atom. The third-order valence-electron chi connectivity index (χ3n) is 2.23. The molecule has 1 rings (SSSR count). The Bertz CT molecular complexity index is 227. The molecule has 0 aromatic rings. The molecule has 1 saturated heterocycles. The predicted molar refractivity (Wildman–Crippen MR) is 48.5 cm³/mol. The van der Waals surface area contributed by atoms with Crippen LogP contribution in [0.5, 0.6) is 0 Å². The third-order valence-corrected chi connectivity index (χ3v) is 3.24. The standard InChI is InChI=1S/C8H16O4S/c1-3-7-5-6-8(4-2)12-13(9,10)11-7/h7-8H,3-6H2,1-2H3/t7-,8-/m1/s1. The Kier molecular flexibility index (Phi) is 3.70. The molecular formula is C8H16O4S. The Balaban J connectivity index is 2.69. The lowest BCUT2D eigenvalue weighted by atomic mass is 10.1. The van der Waals surface area contributed by atoms with Gasteiger partial charge >= 0.3 is 10.4 Å². The van der Waals surface area contributed by atoms with Crippen molar-refractivity contribution in [3.05, 3.63) is 0 Å². The van der Waals surface area contributed by atoms with Gasteiger partial charge in [-0.1, -0.05) is 13.8 Å². The largest absolute Gasteiger partial charge is 0.400 e. The first-order valence-electron chi connectivity index (χ1n) is 4.69. The average molecular weight is 208 g/mol. The average Bonchev–Trinajstić information content (AvgIpc) is 2.23. The maximum Gasteiger partial charge on any atom is 0.400 e. The lowest BCUT2D eigenvalue weighted by molar-refractivity contribution is 0.159. The van der Waals surface area contributed by atoms with E-state index in [2.05, 4.69) is 0 Å². The number of rotatable bonds is 2. The van der Waals surface area contributed by atoms with Crippen molar-refractivity contribution in [3.63, 3.8) is 0 Å². The first kappa shape index (κ1) is 10.9. The fourth-order valence-electron chi connectivity index (χ4n) is 1.37. The fourth-order valence-corrected chi connectivity index (χ4v) is 2.54. The molecule has 0 aliphatic carbocycles. The highest BCUT2D eigenvalue weighted by Gasteiger charge is 2.27. The van der Waals surface area contributed by atoms with Crippen LogP contribution in [-0.4, -0.2) is 20.6 Å². The summed E-state index contributed by atoms with van der Waals surface area (Å²) >= 11 is 0. The zero-order valence-corrected chi connectivity index (χ0v) is 8.84. The maximum atomic E-state index is 11.2. The van der Waals surface area contributed by atoms with Crippen LogP contribution < -0.4 is 0 Å². The van der Waals surface area contributed by atoms with Gasteiger partial charge in [-0.05, 0) is 25.7 Å². The van der Waals surface area contributed by atoms with Gasteiger partial charge in [0.05, 0.1) is 12.2 Å². The molecule has 0 aromatic heterocycles. The van der Waals surface area contributed by atoms with E-state index < -0.39 is 10.4 Å². The monoisotopic (exact) mass is 208 g/mol. The third kappa shape index (κ3) is 3.25. The summed E-state index contributed by atoms with van der Waals surface area (Å²) < 4.78 is 32.0. The highest BCUT2D eigenvalue weighted by Crippen LogP contribution is 2.22. The van der Waals surface area contributed by atoms with Crippen LogP contribution in [0.1, 0.15) is 39.5 Å². The molecule has 0 saturated carbocycles. The second kappa shape index (κ2) is 4.39. The highest BCUT2D eigenvalue weighted by molar-refractivity contribution is 7.81. The minimum absolute atomic E-state index is 0.207. The molecule has 0 bridgehead atoms. The molecule has 1 aliphatic rings. The molecule has 13 heavy (non-hydrogen) atoms. The lowest BCUT2D eigenvalue weighted by Crippen LogP contribution is -2.17. The summed E-state index contributed by atoms with van der Waals surface area (Å²) in [7, 11) is -3.74. The van der Waals surface area contributed by atoms with Gasteiger partial charge in [0.1, 0.15) is 0 Å². The van der Waals surface area contributed by atoms with Crippen molar-refractivity contribution in [2.45, 2.75) is 51.7 Å². The normalized spacial score (nSPS) is 34.0. The van der Waals surface area contributed by atoms with Gasteiger partial charge in [-0.15, -0.1) is 0 Å². The van der Waals surface area contributed by atoms with Crippen LogP contribution in [0.2, 0.25) is 0 Å². The van der Waals surface area contributed by atoms with Gasteiger partial charge in [0.15, 0.2) is 0 Å². The molecule has 1 heterocycles. The SMILES string of the molecule is CC[C@@H]1CC[C@@H](CC)OS(=O)(=O)O1. The van der Waals surface area contributed by atoms with Crippen LogP contribution in [0.3, 0.4) is 0 Å². The molecule has 1 aliphatic heterocycles. The van der Waals surface area contributed by atoms with Crippen molar-refractivity contribution in [1.29, 1.82) is 0 Å². The van der Waals surface area contributed by atoms with E-state index in [1.54, 1.807) is 0 Å². The summed E-state index contributed by atoms with van der Waals surface area (Å²) in [4.78, 5) is 0. The van der Waals surface area contributed by atoms with E-state index in [0.717, 1.165) is 12.8 Å². The number of hydrogen-bond donors (Lipinski definition) is 0. The van der Waals surface area contributed by atoms with E-state index in [-0.39, 0.29) is 12.2 Å². The van der Waals surface area contributed by atoms with E-state index in [1.165, 1.54) is 0 Å². The van der Waals surface area contributed by atoms with E-state index in [9.17, 15) is 8.42 Å². The van der Waals surface area contributed by atoms with Crippen molar-refractivity contribution in [2.24, 2.45) is 0 Å². The second-order valence-corrected chi connectivity index (χ2v) is 4.44. The molecule has 0 aromatic carbocycles. The Labute approximate surface area is 79.6 Å². The quantitative estimate of drug-likeness (QED) is 0.692. The first-order valence-corrected chi connectivity index (χ1v) is 6.02. The van der Waals surface area contributed by atoms with Crippen LogP contribution in [0.4, 0.5) is 0 Å². The minimum atomic E-state index is -3.74. The Morgan fingerprint density at radius 2 is 1.46 bits per heavy atom. The molecule has 2 atom stereocenters. The van der Waals surface area contributed by atoms with Gasteiger partial charge in [-0.2, -0.15) is 8.42 Å². The molecule has 5 heteroatoms. The molecule has 0 spiro atoms. The fraction of sp³-hybridized carbons (Fsp3) is 1.00. The highest BCUT2D eigenvalue weighted by atomic mass is 32.3. The zero-order chi connectivity index (χ0) is 9.90. The molecule has 4 nitrogen and oxygen atoms in total. The summed E-state index contributed by atoms with van der Waals surface area (Å²) in [5, 5.41) is 0. The van der Waals surface area contributed by atoms with Crippen LogP contribution in [-0.2, 0) is 18.8 Å². The summed E-state index contributed by atoms with van der Waals surface area (Å²) in [6, 6.07) is 0. The van der Waals surface area contributed by atoms with Crippen molar-refractivity contribution in [2.75, 3.05) is 0 Å². The maximum absolute atomic E-state index is 11.2. The van der Waals surface area contributed by atoms with Crippen molar-refractivity contribution in [3.8, 4) is 0 Å². The van der Waals surface area contributed by atoms with Crippen molar-refractivity contribution in [1.82, 2.24) is 0 Å². The molecule has 1 fully saturated rings. The molecule has 0 amide bonds. The van der Waals surface area contributed by atoms with E-state index in [0.29, 0.717) is 12.8 Å². The molecule has 0 radical (unpaired) electrons. The summed E-state index contributed by atoms with van der Waals surface area (Å²) in [5.41, 5.74) is 0. The van der Waals surface area contributed by atoms with E-state index in [4.69, 9.17) is 8.37 Å². The van der Waals surface area contributed by atoms with Gasteiger partial charge in [0.2, 0.25) is 0 Å². The van der Waals surface area contributed by atoms with Crippen molar-refractivity contribution >= 4 is 10.4 Å². The van der Waals surface area contributed by atoms with Gasteiger partial charge in [-0.3, -0.25) is 0 Å². The smallest absolute Gasteiger partial charge is 0.245 e. The van der Waals surface area contributed by atoms with Gasteiger partial charge in [0.25, 0.3) is 0 Å². The van der Waals surface area contributed by atoms with E-state index in [1.807, 2.05) is 13.8 Å². The molecular weight excluding hydrogens is 192 g/mol. The van der Waals surface area contributed by atoms with Gasteiger partial charge in [-0.25, -0.2) is 8.37 Å².